The van der Waals surface area contributed by atoms with E-state index in [1.165, 1.54) is 22.3 Å². The number of aryl methyl sites for hydroxylation is 2. The fraction of sp³-hybridized carbons (Fsp3) is 0.333. The molecule has 0 N–H and O–H groups in total. The van der Waals surface area contributed by atoms with Crippen molar-refractivity contribution >= 4 is 11.6 Å². The molecule has 2 heteroatoms. The minimum absolute atomic E-state index is 0.664. The summed E-state index contributed by atoms with van der Waals surface area (Å²) in [6.07, 6.45) is 0. The molecular formula is C18H22ClN. The molecule has 0 saturated carbocycles. The van der Waals surface area contributed by atoms with Crippen LogP contribution in [0.1, 0.15) is 22.3 Å². The second-order valence-electron chi connectivity index (χ2n) is 5.25. The zero-order valence-electron chi connectivity index (χ0n) is 12.3. The Morgan fingerprint density at radius 2 is 1.25 bits per heavy atom. The smallest absolute Gasteiger partial charge is 0.0351 e. The van der Waals surface area contributed by atoms with Crippen molar-refractivity contribution in [2.45, 2.75) is 26.9 Å². The first kappa shape index (κ1) is 15.1. The van der Waals surface area contributed by atoms with E-state index in [1.54, 1.807) is 0 Å². The molecule has 0 aromatic heterocycles. The zero-order chi connectivity index (χ0) is 14.4. The van der Waals surface area contributed by atoms with Gasteiger partial charge in [-0.15, -0.1) is 11.6 Å². The lowest BCUT2D eigenvalue weighted by molar-refractivity contribution is 0.272. The van der Waals surface area contributed by atoms with Gasteiger partial charge in [-0.2, -0.15) is 0 Å². The molecule has 0 radical (unpaired) electrons. The molecule has 0 bridgehead atoms. The van der Waals surface area contributed by atoms with E-state index in [1.807, 2.05) is 0 Å². The van der Waals surface area contributed by atoms with Crippen molar-refractivity contribution in [3.05, 3.63) is 70.8 Å². The molecule has 0 spiro atoms. The monoisotopic (exact) mass is 287 g/mol. The van der Waals surface area contributed by atoms with Crippen LogP contribution in [0.15, 0.2) is 48.5 Å². The maximum absolute atomic E-state index is 5.97. The Balaban J connectivity index is 2.12. The van der Waals surface area contributed by atoms with Gasteiger partial charge in [0.25, 0.3) is 0 Å². The number of rotatable bonds is 6. The fourth-order valence-corrected chi connectivity index (χ4v) is 2.63. The highest BCUT2D eigenvalue weighted by molar-refractivity contribution is 6.18. The SMILES string of the molecule is Cc1ccccc1CN(CCCl)Cc1ccccc1C. The van der Waals surface area contributed by atoms with Crippen molar-refractivity contribution in [1.29, 1.82) is 0 Å². The number of hydrogen-bond acceptors (Lipinski definition) is 1. The van der Waals surface area contributed by atoms with Gasteiger partial charge in [0.05, 0.1) is 0 Å². The van der Waals surface area contributed by atoms with Crippen LogP contribution in [0, 0.1) is 13.8 Å². The Kier molecular flexibility index (Phi) is 5.63. The molecule has 0 aliphatic rings. The van der Waals surface area contributed by atoms with Crippen LogP contribution in [0.4, 0.5) is 0 Å². The van der Waals surface area contributed by atoms with Crippen LogP contribution in [-0.2, 0) is 13.1 Å². The molecule has 2 aromatic carbocycles. The second-order valence-corrected chi connectivity index (χ2v) is 5.63. The predicted molar refractivity (Wildman–Crippen MR) is 87.2 cm³/mol. The maximum atomic E-state index is 5.97. The van der Waals surface area contributed by atoms with Crippen molar-refractivity contribution in [3.63, 3.8) is 0 Å². The van der Waals surface area contributed by atoms with Crippen LogP contribution in [0.3, 0.4) is 0 Å². The largest absolute Gasteiger partial charge is 0.294 e. The molecule has 0 atom stereocenters. The van der Waals surface area contributed by atoms with Crippen LogP contribution in [0.5, 0.6) is 0 Å². The summed E-state index contributed by atoms with van der Waals surface area (Å²) < 4.78 is 0. The molecular weight excluding hydrogens is 266 g/mol. The minimum Gasteiger partial charge on any atom is -0.294 e. The summed E-state index contributed by atoms with van der Waals surface area (Å²) in [6.45, 7) is 7.15. The Morgan fingerprint density at radius 1 is 0.800 bits per heavy atom. The molecule has 0 aliphatic heterocycles. The molecule has 106 valence electrons. The third-order valence-corrected chi connectivity index (χ3v) is 3.88. The van der Waals surface area contributed by atoms with Crippen LogP contribution >= 0.6 is 11.6 Å². The first-order valence-corrected chi connectivity index (χ1v) is 7.61. The first-order valence-electron chi connectivity index (χ1n) is 7.08. The summed E-state index contributed by atoms with van der Waals surface area (Å²) >= 11 is 5.97. The van der Waals surface area contributed by atoms with E-state index in [9.17, 15) is 0 Å². The number of alkyl halides is 1. The topological polar surface area (TPSA) is 3.24 Å². The van der Waals surface area contributed by atoms with Gasteiger partial charge in [-0.1, -0.05) is 48.5 Å². The molecule has 20 heavy (non-hydrogen) atoms. The first-order chi connectivity index (χ1) is 9.70. The third-order valence-electron chi connectivity index (χ3n) is 3.71. The van der Waals surface area contributed by atoms with E-state index in [0.717, 1.165) is 19.6 Å². The quantitative estimate of drug-likeness (QED) is 0.705. The Morgan fingerprint density at radius 3 is 1.65 bits per heavy atom. The van der Waals surface area contributed by atoms with Gasteiger partial charge in [0.2, 0.25) is 0 Å². The molecule has 0 fully saturated rings. The van der Waals surface area contributed by atoms with Crippen LogP contribution in [0.25, 0.3) is 0 Å². The van der Waals surface area contributed by atoms with E-state index in [0.29, 0.717) is 5.88 Å². The molecule has 1 nitrogen and oxygen atoms in total. The Labute approximate surface area is 127 Å². The molecule has 0 saturated heterocycles. The second kappa shape index (κ2) is 7.47. The summed E-state index contributed by atoms with van der Waals surface area (Å²) in [6, 6.07) is 17.1. The number of halogens is 1. The highest BCUT2D eigenvalue weighted by Gasteiger charge is 2.09. The van der Waals surface area contributed by atoms with Gasteiger partial charge in [-0.05, 0) is 36.1 Å². The molecule has 0 unspecified atom stereocenters. The lowest BCUT2D eigenvalue weighted by Crippen LogP contribution is -2.25. The van der Waals surface area contributed by atoms with Crippen molar-refractivity contribution in [2.75, 3.05) is 12.4 Å². The highest BCUT2D eigenvalue weighted by atomic mass is 35.5. The van der Waals surface area contributed by atoms with Crippen LogP contribution < -0.4 is 0 Å². The normalized spacial score (nSPS) is 11.0. The van der Waals surface area contributed by atoms with Crippen molar-refractivity contribution in [2.24, 2.45) is 0 Å². The molecule has 0 aliphatic carbocycles. The number of hydrogen-bond donors (Lipinski definition) is 0. The van der Waals surface area contributed by atoms with E-state index >= 15 is 0 Å². The average Bonchev–Trinajstić information content (AvgIpc) is 2.44. The average molecular weight is 288 g/mol. The lowest BCUT2D eigenvalue weighted by atomic mass is 10.1. The minimum atomic E-state index is 0.664. The summed E-state index contributed by atoms with van der Waals surface area (Å²) in [5.41, 5.74) is 5.45. The van der Waals surface area contributed by atoms with Crippen molar-refractivity contribution < 1.29 is 0 Å². The predicted octanol–water partition coefficient (Wildman–Crippen LogP) is 4.54. The standard InChI is InChI=1S/C18H22ClN/c1-15-7-3-5-9-17(15)13-20(12-11-19)14-18-10-6-4-8-16(18)2/h3-10H,11-14H2,1-2H3. The van der Waals surface area contributed by atoms with Crippen molar-refractivity contribution in [3.8, 4) is 0 Å². The van der Waals surface area contributed by atoms with Gasteiger partial charge < -0.3 is 0 Å². The van der Waals surface area contributed by atoms with Gasteiger partial charge in [-0.25, -0.2) is 0 Å². The van der Waals surface area contributed by atoms with E-state index in [-0.39, 0.29) is 0 Å². The maximum Gasteiger partial charge on any atom is 0.0351 e. The Hall–Kier alpha value is -1.31. The lowest BCUT2D eigenvalue weighted by Gasteiger charge is -2.23. The summed E-state index contributed by atoms with van der Waals surface area (Å²) in [5, 5.41) is 0. The van der Waals surface area contributed by atoms with Gasteiger partial charge in [0, 0.05) is 25.5 Å². The van der Waals surface area contributed by atoms with Crippen LogP contribution in [-0.4, -0.2) is 17.3 Å². The third kappa shape index (κ3) is 4.09. The number of benzene rings is 2. The highest BCUT2D eigenvalue weighted by Crippen LogP contribution is 2.15. The van der Waals surface area contributed by atoms with Gasteiger partial charge in [-0.3, -0.25) is 4.90 Å². The van der Waals surface area contributed by atoms with Gasteiger partial charge >= 0.3 is 0 Å². The zero-order valence-corrected chi connectivity index (χ0v) is 13.0. The van der Waals surface area contributed by atoms with E-state index in [2.05, 4.69) is 67.3 Å². The molecule has 0 amide bonds. The molecule has 2 aromatic rings. The van der Waals surface area contributed by atoms with E-state index in [4.69, 9.17) is 11.6 Å². The number of nitrogens with zero attached hydrogens (tertiary/aromatic N) is 1. The summed E-state index contributed by atoms with van der Waals surface area (Å²) in [7, 11) is 0. The van der Waals surface area contributed by atoms with Crippen LogP contribution in [0.2, 0.25) is 0 Å². The van der Waals surface area contributed by atoms with E-state index < -0.39 is 0 Å². The van der Waals surface area contributed by atoms with Gasteiger partial charge in [0.15, 0.2) is 0 Å². The molecule has 0 heterocycles. The van der Waals surface area contributed by atoms with Gasteiger partial charge in [0.1, 0.15) is 0 Å². The summed E-state index contributed by atoms with van der Waals surface area (Å²) in [4.78, 5) is 2.41. The Bertz CT molecular complexity index is 503. The van der Waals surface area contributed by atoms with Crippen molar-refractivity contribution in [1.82, 2.24) is 4.90 Å². The molecule has 2 rings (SSSR count). The fourth-order valence-electron chi connectivity index (χ4n) is 2.39. The summed E-state index contributed by atoms with van der Waals surface area (Å²) in [5.74, 6) is 0.664.